The average molecular weight is 370 g/mol. The van der Waals surface area contributed by atoms with E-state index in [1.165, 1.54) is 0 Å². The number of rotatable bonds is 5. The minimum Gasteiger partial charge on any atom is -0.395 e. The van der Waals surface area contributed by atoms with Crippen molar-refractivity contribution in [2.45, 2.75) is 38.5 Å². The number of aliphatic hydroxyl groups excluding tert-OH is 1. The van der Waals surface area contributed by atoms with Gasteiger partial charge in [-0.05, 0) is 19.3 Å². The molecule has 0 radical (unpaired) electrons. The van der Waals surface area contributed by atoms with E-state index in [0.29, 0.717) is 49.8 Å². The molecule has 1 atom stereocenters. The summed E-state index contributed by atoms with van der Waals surface area (Å²) in [4.78, 5) is 28.2. The van der Waals surface area contributed by atoms with Crippen LogP contribution in [0.3, 0.4) is 0 Å². The molecule has 1 aromatic heterocycles. The fraction of sp³-hybridized carbons (Fsp3) is 0.706. The van der Waals surface area contributed by atoms with Crippen molar-refractivity contribution in [2.24, 2.45) is 5.41 Å². The molecule has 0 bridgehead atoms. The zero-order valence-electron chi connectivity index (χ0n) is 14.2. The molecule has 3 rings (SSSR count). The van der Waals surface area contributed by atoms with Gasteiger partial charge in [-0.25, -0.2) is 0 Å². The predicted octanol–water partition coefficient (Wildman–Crippen LogP) is 1.48. The molecule has 8 heteroatoms. The molecule has 1 N–H and O–H groups in total. The van der Waals surface area contributed by atoms with Crippen LogP contribution in [-0.2, 0) is 16.0 Å². The van der Waals surface area contributed by atoms with Gasteiger partial charge in [0.1, 0.15) is 5.76 Å². The van der Waals surface area contributed by atoms with Crippen LogP contribution >= 0.6 is 11.6 Å². The lowest BCUT2D eigenvalue weighted by molar-refractivity contribution is -0.143. The first kappa shape index (κ1) is 18.2. The van der Waals surface area contributed by atoms with Crippen molar-refractivity contribution in [3.8, 4) is 0 Å². The van der Waals surface area contributed by atoms with Crippen LogP contribution in [0, 0.1) is 5.41 Å². The maximum absolute atomic E-state index is 12.6. The topological polar surface area (TPSA) is 86.9 Å². The number of hydrogen-bond donors (Lipinski definition) is 1. The molecule has 2 amide bonds. The molecule has 2 aliphatic rings. The second kappa shape index (κ2) is 7.74. The lowest BCUT2D eigenvalue weighted by Gasteiger charge is -2.48. The molecule has 0 saturated carbocycles. The lowest BCUT2D eigenvalue weighted by Crippen LogP contribution is -2.55. The van der Waals surface area contributed by atoms with Crippen LogP contribution in [0.1, 0.15) is 37.9 Å². The molecule has 1 aromatic rings. The number of amides is 2. The molecule has 138 valence electrons. The van der Waals surface area contributed by atoms with Gasteiger partial charge >= 0.3 is 0 Å². The van der Waals surface area contributed by atoms with Gasteiger partial charge in [0.2, 0.25) is 11.8 Å². The van der Waals surface area contributed by atoms with Gasteiger partial charge in [-0.15, -0.1) is 0 Å². The SMILES string of the molecule is O=C1CC[C@]2(CCCN(C(=O)CCc3cc(Cl)no3)C2)CN1CCO. The number of carbonyl (C=O) groups is 2. The Hall–Kier alpha value is -1.60. The molecule has 2 fully saturated rings. The fourth-order valence-corrected chi connectivity index (χ4v) is 4.13. The van der Waals surface area contributed by atoms with Crippen molar-refractivity contribution in [3.05, 3.63) is 17.0 Å². The zero-order valence-corrected chi connectivity index (χ0v) is 15.0. The summed E-state index contributed by atoms with van der Waals surface area (Å²) in [5.74, 6) is 0.810. The Morgan fingerprint density at radius 2 is 2.24 bits per heavy atom. The van der Waals surface area contributed by atoms with Crippen LogP contribution in [0.15, 0.2) is 10.6 Å². The lowest BCUT2D eigenvalue weighted by atomic mass is 9.73. The zero-order chi connectivity index (χ0) is 17.9. The van der Waals surface area contributed by atoms with E-state index in [0.717, 1.165) is 25.8 Å². The summed E-state index contributed by atoms with van der Waals surface area (Å²) in [5.41, 5.74) is -0.0352. The minimum absolute atomic E-state index is 0.0236. The summed E-state index contributed by atoms with van der Waals surface area (Å²) >= 11 is 5.72. The Balaban J connectivity index is 1.58. The van der Waals surface area contributed by atoms with E-state index < -0.39 is 0 Å². The van der Waals surface area contributed by atoms with Gasteiger partial charge in [0.25, 0.3) is 0 Å². The van der Waals surface area contributed by atoms with Gasteiger partial charge in [-0.3, -0.25) is 9.59 Å². The van der Waals surface area contributed by atoms with Gasteiger partial charge in [-0.2, -0.15) is 0 Å². The second-order valence-corrected chi connectivity index (χ2v) is 7.46. The van der Waals surface area contributed by atoms with Crippen LogP contribution in [0.5, 0.6) is 0 Å². The Bertz CT molecular complexity index is 635. The first-order chi connectivity index (χ1) is 12.0. The number of hydrogen-bond acceptors (Lipinski definition) is 5. The number of piperidine rings is 2. The van der Waals surface area contributed by atoms with Crippen molar-refractivity contribution in [2.75, 3.05) is 32.8 Å². The monoisotopic (exact) mass is 369 g/mol. The molecule has 0 unspecified atom stereocenters. The Morgan fingerprint density at radius 1 is 1.40 bits per heavy atom. The number of halogens is 1. The van der Waals surface area contributed by atoms with E-state index in [9.17, 15) is 9.59 Å². The largest absolute Gasteiger partial charge is 0.395 e. The first-order valence-corrected chi connectivity index (χ1v) is 9.17. The highest BCUT2D eigenvalue weighted by Gasteiger charge is 2.42. The number of carbonyl (C=O) groups excluding carboxylic acids is 2. The molecule has 25 heavy (non-hydrogen) atoms. The van der Waals surface area contributed by atoms with E-state index in [2.05, 4.69) is 5.16 Å². The molecule has 0 aromatic carbocycles. The number of aromatic nitrogens is 1. The maximum atomic E-state index is 12.6. The number of likely N-dealkylation sites (tertiary alicyclic amines) is 2. The third-order valence-corrected chi connectivity index (χ3v) is 5.43. The highest BCUT2D eigenvalue weighted by atomic mass is 35.5. The smallest absolute Gasteiger partial charge is 0.223 e. The molecule has 2 aliphatic heterocycles. The maximum Gasteiger partial charge on any atom is 0.223 e. The van der Waals surface area contributed by atoms with E-state index in [-0.39, 0.29) is 23.8 Å². The molecule has 1 spiro atoms. The molecule has 7 nitrogen and oxygen atoms in total. The normalized spacial score (nSPS) is 24.2. The third-order valence-electron chi connectivity index (χ3n) is 5.25. The Kier molecular flexibility index (Phi) is 5.64. The third kappa shape index (κ3) is 4.33. The van der Waals surface area contributed by atoms with Gasteiger partial charge in [0.05, 0.1) is 6.61 Å². The van der Waals surface area contributed by atoms with Crippen molar-refractivity contribution in [1.29, 1.82) is 0 Å². The predicted molar refractivity (Wildman–Crippen MR) is 91.0 cm³/mol. The number of aryl methyl sites for hydroxylation is 1. The van der Waals surface area contributed by atoms with E-state index in [4.69, 9.17) is 21.2 Å². The summed E-state index contributed by atoms with van der Waals surface area (Å²) in [6.07, 6.45) is 4.12. The van der Waals surface area contributed by atoms with Crippen molar-refractivity contribution < 1.29 is 19.2 Å². The minimum atomic E-state index is -0.0352. The highest BCUT2D eigenvalue weighted by molar-refractivity contribution is 6.29. The summed E-state index contributed by atoms with van der Waals surface area (Å²) in [7, 11) is 0. The van der Waals surface area contributed by atoms with Crippen LogP contribution in [0.2, 0.25) is 5.15 Å². The fourth-order valence-electron chi connectivity index (χ4n) is 3.97. The number of aliphatic hydroxyl groups is 1. The first-order valence-electron chi connectivity index (χ1n) is 8.79. The molecule has 2 saturated heterocycles. The van der Waals surface area contributed by atoms with Crippen LogP contribution in [0.25, 0.3) is 0 Å². The number of β-amino-alcohol motifs (C(OH)–C–C–N with tert-alkyl or cyclic N) is 1. The Labute approximate surface area is 151 Å². The van der Waals surface area contributed by atoms with Gasteiger partial charge in [-0.1, -0.05) is 16.8 Å². The summed E-state index contributed by atoms with van der Waals surface area (Å²) in [6.45, 7) is 2.42. The van der Waals surface area contributed by atoms with Crippen LogP contribution in [0.4, 0.5) is 0 Å². The number of nitrogens with zero attached hydrogens (tertiary/aromatic N) is 3. The molecule has 0 aliphatic carbocycles. The molecular weight excluding hydrogens is 346 g/mol. The van der Waals surface area contributed by atoms with Crippen molar-refractivity contribution in [3.63, 3.8) is 0 Å². The van der Waals surface area contributed by atoms with E-state index in [1.54, 1.807) is 11.0 Å². The Morgan fingerprint density at radius 3 is 2.96 bits per heavy atom. The highest BCUT2D eigenvalue weighted by Crippen LogP contribution is 2.39. The quantitative estimate of drug-likeness (QED) is 0.849. The summed E-state index contributed by atoms with van der Waals surface area (Å²) < 4.78 is 5.04. The van der Waals surface area contributed by atoms with Crippen LogP contribution < -0.4 is 0 Å². The molecule has 3 heterocycles. The standard InChI is InChI=1S/C17H24ClN3O4/c18-14-10-13(25-19-14)2-3-15(23)20-7-1-5-17(11-20)6-4-16(24)21(12-17)8-9-22/h10,22H,1-9,11-12H2/t17-/m0/s1. The average Bonchev–Trinajstić information content (AvgIpc) is 3.02. The second-order valence-electron chi connectivity index (χ2n) is 7.07. The summed E-state index contributed by atoms with van der Waals surface area (Å²) in [5, 5.41) is 13.1. The van der Waals surface area contributed by atoms with E-state index in [1.807, 2.05) is 4.90 Å². The van der Waals surface area contributed by atoms with Crippen LogP contribution in [-0.4, -0.2) is 64.7 Å². The molecular formula is C17H24ClN3O4. The van der Waals surface area contributed by atoms with Gasteiger partial charge < -0.3 is 19.4 Å². The van der Waals surface area contributed by atoms with Crippen molar-refractivity contribution >= 4 is 23.4 Å². The van der Waals surface area contributed by atoms with Gasteiger partial charge in [0.15, 0.2) is 5.15 Å². The van der Waals surface area contributed by atoms with Crippen molar-refractivity contribution in [1.82, 2.24) is 15.0 Å². The van der Waals surface area contributed by atoms with Gasteiger partial charge in [0, 0.05) is 56.9 Å². The summed E-state index contributed by atoms with van der Waals surface area (Å²) in [6, 6.07) is 1.63. The van der Waals surface area contributed by atoms with E-state index >= 15 is 0 Å².